The van der Waals surface area contributed by atoms with Crippen LogP contribution in [-0.4, -0.2) is 69.0 Å². The fraction of sp³-hybridized carbons (Fsp3) is 0.889. The van der Waals surface area contributed by atoms with Gasteiger partial charge in [-0.2, -0.15) is 0 Å². The highest BCUT2D eigenvalue weighted by Crippen LogP contribution is 2.04. The Morgan fingerprint density at radius 3 is 2.24 bits per heavy atom. The fourth-order valence-electron chi connectivity index (χ4n) is 1.03. The molecule has 0 aliphatic heterocycles. The third kappa shape index (κ3) is 5.39. The van der Waals surface area contributed by atoms with Crippen LogP contribution in [0.1, 0.15) is 13.3 Å². The van der Waals surface area contributed by atoms with E-state index in [0.29, 0.717) is 6.54 Å². The standard InChI is InChI=1S/C9H20N2O6/c1-2-3-10-11-9(17)8(16)7(15)6(14)5(13)4-12/h5-8,10,12-16H,2-4H2,1H3,(H,11,17)/t5-,6-,7+,8-/m1/s1. The number of carbonyl (C=O) groups is 1. The van der Waals surface area contributed by atoms with Crippen molar-refractivity contribution in [2.75, 3.05) is 13.2 Å². The average molecular weight is 252 g/mol. The molecule has 17 heavy (non-hydrogen) atoms. The summed E-state index contributed by atoms with van der Waals surface area (Å²) in [7, 11) is 0. The van der Waals surface area contributed by atoms with E-state index in [9.17, 15) is 20.1 Å². The summed E-state index contributed by atoms with van der Waals surface area (Å²) in [5.74, 6) is -0.935. The third-order valence-corrected chi connectivity index (χ3v) is 2.11. The summed E-state index contributed by atoms with van der Waals surface area (Å²) < 4.78 is 0. The molecule has 8 heteroatoms. The molecule has 0 rings (SSSR count). The Morgan fingerprint density at radius 1 is 1.18 bits per heavy atom. The van der Waals surface area contributed by atoms with Crippen molar-refractivity contribution in [3.05, 3.63) is 0 Å². The van der Waals surface area contributed by atoms with Gasteiger partial charge >= 0.3 is 0 Å². The largest absolute Gasteiger partial charge is 0.394 e. The lowest BCUT2D eigenvalue weighted by molar-refractivity contribution is -0.149. The number of rotatable bonds is 8. The third-order valence-electron chi connectivity index (χ3n) is 2.11. The van der Waals surface area contributed by atoms with E-state index in [0.717, 1.165) is 6.42 Å². The smallest absolute Gasteiger partial charge is 0.265 e. The van der Waals surface area contributed by atoms with Crippen LogP contribution in [0.15, 0.2) is 0 Å². The summed E-state index contributed by atoms with van der Waals surface area (Å²) >= 11 is 0. The first-order valence-electron chi connectivity index (χ1n) is 5.31. The zero-order chi connectivity index (χ0) is 13.4. The zero-order valence-electron chi connectivity index (χ0n) is 9.58. The number of aliphatic hydroxyl groups excluding tert-OH is 5. The van der Waals surface area contributed by atoms with Crippen LogP contribution in [0.4, 0.5) is 0 Å². The van der Waals surface area contributed by atoms with E-state index >= 15 is 0 Å². The molecule has 1 amide bonds. The average Bonchev–Trinajstić information content (AvgIpc) is 2.35. The molecule has 4 atom stereocenters. The first kappa shape index (κ1) is 16.2. The first-order valence-corrected chi connectivity index (χ1v) is 5.31. The highest BCUT2D eigenvalue weighted by atomic mass is 16.4. The summed E-state index contributed by atoms with van der Waals surface area (Å²) in [5.41, 5.74) is 4.61. The van der Waals surface area contributed by atoms with Gasteiger partial charge in [0.05, 0.1) is 6.61 Å². The van der Waals surface area contributed by atoms with Gasteiger partial charge in [-0.1, -0.05) is 6.92 Å². The lowest BCUT2D eigenvalue weighted by Crippen LogP contribution is -2.54. The van der Waals surface area contributed by atoms with Gasteiger partial charge in [-0.3, -0.25) is 10.2 Å². The van der Waals surface area contributed by atoms with Crippen molar-refractivity contribution in [3.63, 3.8) is 0 Å². The molecule has 0 aromatic rings. The summed E-state index contributed by atoms with van der Waals surface area (Å²) in [6.07, 6.45) is -6.48. The predicted molar refractivity (Wildman–Crippen MR) is 57.5 cm³/mol. The van der Waals surface area contributed by atoms with Gasteiger partial charge in [-0.15, -0.1) is 0 Å². The van der Waals surface area contributed by atoms with E-state index in [1.165, 1.54) is 0 Å². The second kappa shape index (κ2) is 8.34. The van der Waals surface area contributed by atoms with Gasteiger partial charge in [0.2, 0.25) is 0 Å². The van der Waals surface area contributed by atoms with E-state index in [1.54, 1.807) is 0 Å². The van der Waals surface area contributed by atoms with Crippen molar-refractivity contribution < 1.29 is 30.3 Å². The number of hydrogen-bond donors (Lipinski definition) is 7. The molecule has 0 bridgehead atoms. The SMILES string of the molecule is CCCNNC(=O)[C@H](O)[C@@H](O)[C@H](O)[C@H](O)CO. The molecule has 0 saturated heterocycles. The van der Waals surface area contributed by atoms with Crippen molar-refractivity contribution >= 4 is 5.91 Å². The molecule has 0 fully saturated rings. The molecule has 8 nitrogen and oxygen atoms in total. The van der Waals surface area contributed by atoms with Crippen molar-refractivity contribution in [2.45, 2.75) is 37.8 Å². The number of aliphatic hydroxyl groups is 5. The number of hydrazine groups is 1. The van der Waals surface area contributed by atoms with E-state index < -0.39 is 36.9 Å². The second-order valence-electron chi connectivity index (χ2n) is 3.59. The van der Waals surface area contributed by atoms with Crippen molar-refractivity contribution in [1.29, 1.82) is 0 Å². The van der Waals surface area contributed by atoms with Crippen LogP contribution >= 0.6 is 0 Å². The van der Waals surface area contributed by atoms with Crippen LogP contribution in [-0.2, 0) is 4.79 Å². The zero-order valence-corrected chi connectivity index (χ0v) is 9.58. The fourth-order valence-corrected chi connectivity index (χ4v) is 1.03. The molecule has 0 saturated carbocycles. The molecular formula is C9H20N2O6. The Balaban J connectivity index is 4.18. The summed E-state index contributed by atoms with van der Waals surface area (Å²) in [5, 5.41) is 45.5. The quantitative estimate of drug-likeness (QED) is 0.175. The van der Waals surface area contributed by atoms with Gasteiger partial charge in [0.25, 0.3) is 5.91 Å². The first-order chi connectivity index (χ1) is 7.95. The maximum atomic E-state index is 11.2. The summed E-state index contributed by atoms with van der Waals surface area (Å²) in [4.78, 5) is 11.2. The summed E-state index contributed by atoms with van der Waals surface area (Å²) in [6, 6.07) is 0. The Kier molecular flexibility index (Phi) is 7.96. The van der Waals surface area contributed by atoms with Gasteiger partial charge < -0.3 is 25.5 Å². The van der Waals surface area contributed by atoms with Gasteiger partial charge in [-0.25, -0.2) is 5.43 Å². The monoisotopic (exact) mass is 252 g/mol. The van der Waals surface area contributed by atoms with Crippen molar-refractivity contribution in [2.24, 2.45) is 0 Å². The second-order valence-corrected chi connectivity index (χ2v) is 3.59. The normalized spacial score (nSPS) is 18.2. The van der Waals surface area contributed by atoms with Gasteiger partial charge in [-0.05, 0) is 6.42 Å². The molecule has 0 aliphatic rings. The molecule has 0 spiro atoms. The van der Waals surface area contributed by atoms with Gasteiger partial charge in [0.15, 0.2) is 6.10 Å². The topological polar surface area (TPSA) is 142 Å². The van der Waals surface area contributed by atoms with Crippen LogP contribution in [0.2, 0.25) is 0 Å². The minimum Gasteiger partial charge on any atom is -0.394 e. The molecular weight excluding hydrogens is 232 g/mol. The van der Waals surface area contributed by atoms with Crippen molar-refractivity contribution in [1.82, 2.24) is 10.9 Å². The predicted octanol–water partition coefficient (Wildman–Crippen LogP) is -3.55. The number of nitrogens with one attached hydrogen (secondary N) is 2. The maximum Gasteiger partial charge on any atom is 0.265 e. The minimum absolute atomic E-state index is 0.483. The van der Waals surface area contributed by atoms with Crippen LogP contribution in [0.25, 0.3) is 0 Å². The highest BCUT2D eigenvalue weighted by Gasteiger charge is 2.33. The van der Waals surface area contributed by atoms with Crippen LogP contribution < -0.4 is 10.9 Å². The molecule has 0 aromatic heterocycles. The van der Waals surface area contributed by atoms with E-state index in [-0.39, 0.29) is 0 Å². The number of hydrogen-bond acceptors (Lipinski definition) is 7. The lowest BCUT2D eigenvalue weighted by Gasteiger charge is -2.24. The lowest BCUT2D eigenvalue weighted by atomic mass is 10.0. The van der Waals surface area contributed by atoms with Crippen LogP contribution in [0.5, 0.6) is 0 Å². The highest BCUT2D eigenvalue weighted by molar-refractivity contribution is 5.80. The molecule has 0 unspecified atom stereocenters. The minimum atomic E-state index is -1.91. The van der Waals surface area contributed by atoms with E-state index in [4.69, 9.17) is 10.2 Å². The van der Waals surface area contributed by atoms with Crippen LogP contribution in [0, 0.1) is 0 Å². The molecule has 0 heterocycles. The van der Waals surface area contributed by atoms with Crippen LogP contribution in [0.3, 0.4) is 0 Å². The number of amides is 1. The van der Waals surface area contributed by atoms with Gasteiger partial charge in [0.1, 0.15) is 18.3 Å². The Morgan fingerprint density at radius 2 is 1.76 bits per heavy atom. The van der Waals surface area contributed by atoms with Crippen molar-refractivity contribution in [3.8, 4) is 0 Å². The van der Waals surface area contributed by atoms with E-state index in [1.807, 2.05) is 6.92 Å². The van der Waals surface area contributed by atoms with Gasteiger partial charge in [0, 0.05) is 6.54 Å². The maximum absolute atomic E-state index is 11.2. The Labute approximate surface area is 98.9 Å². The number of carbonyl (C=O) groups excluding carboxylic acids is 1. The Hall–Kier alpha value is -0.770. The molecule has 0 radical (unpaired) electrons. The molecule has 0 aromatic carbocycles. The molecule has 0 aliphatic carbocycles. The molecule has 102 valence electrons. The molecule has 7 N–H and O–H groups in total. The van der Waals surface area contributed by atoms with E-state index in [2.05, 4.69) is 10.9 Å². The summed E-state index contributed by atoms with van der Waals surface area (Å²) in [6.45, 7) is 1.56. The Bertz CT molecular complexity index is 228.